The zero-order valence-corrected chi connectivity index (χ0v) is 12.8. The van der Waals surface area contributed by atoms with Crippen molar-refractivity contribution >= 4 is 38.1 Å². The average molecular weight is 370 g/mol. The Hall–Kier alpha value is -1.13. The first-order valence-corrected chi connectivity index (χ1v) is 6.87. The summed E-state index contributed by atoms with van der Waals surface area (Å²) in [5, 5.41) is 0. The molecule has 0 fully saturated rings. The van der Waals surface area contributed by atoms with Crippen LogP contribution in [0.1, 0.15) is 15.9 Å². The smallest absolute Gasteiger partial charge is 0.153 e. The Labute approximate surface area is 122 Å². The average Bonchev–Trinajstić information content (AvgIpc) is 2.33. The summed E-state index contributed by atoms with van der Waals surface area (Å²) in [4.78, 5) is 11.0. The highest BCUT2D eigenvalue weighted by Gasteiger charge is 2.07. The predicted octanol–water partition coefficient (Wildman–Crippen LogP) is 5.12. The summed E-state index contributed by atoms with van der Waals surface area (Å²) in [6.45, 7) is 1.96. The van der Waals surface area contributed by atoms with Crippen molar-refractivity contribution in [1.29, 1.82) is 0 Å². The Balaban J connectivity index is 2.39. The van der Waals surface area contributed by atoms with Crippen molar-refractivity contribution in [3.05, 3.63) is 56.5 Å². The summed E-state index contributed by atoms with van der Waals surface area (Å²) >= 11 is 6.77. The van der Waals surface area contributed by atoms with Crippen molar-refractivity contribution in [2.45, 2.75) is 6.92 Å². The topological polar surface area (TPSA) is 26.3 Å². The number of halogens is 2. The summed E-state index contributed by atoms with van der Waals surface area (Å²) in [6, 6.07) is 11.1. The fourth-order valence-corrected chi connectivity index (χ4v) is 2.36. The highest BCUT2D eigenvalue weighted by Crippen LogP contribution is 2.30. The van der Waals surface area contributed by atoms with Gasteiger partial charge in [-0.25, -0.2) is 0 Å². The van der Waals surface area contributed by atoms with Crippen LogP contribution < -0.4 is 4.74 Å². The van der Waals surface area contributed by atoms with Crippen LogP contribution in [0.3, 0.4) is 0 Å². The highest BCUT2D eigenvalue weighted by atomic mass is 79.9. The number of hydrogen-bond donors (Lipinski definition) is 0. The zero-order valence-electron chi connectivity index (χ0n) is 9.61. The normalized spacial score (nSPS) is 10.2. The first-order valence-electron chi connectivity index (χ1n) is 5.29. The minimum absolute atomic E-state index is 0.528. The van der Waals surface area contributed by atoms with Crippen LogP contribution in [0.15, 0.2) is 45.3 Å². The van der Waals surface area contributed by atoms with Crippen LogP contribution in [0.4, 0.5) is 0 Å². The van der Waals surface area contributed by atoms with E-state index in [-0.39, 0.29) is 0 Å². The second-order valence-corrected chi connectivity index (χ2v) is 5.64. The summed E-state index contributed by atoms with van der Waals surface area (Å²) in [5.74, 6) is 1.28. The maximum absolute atomic E-state index is 11.0. The van der Waals surface area contributed by atoms with Gasteiger partial charge in [-0.3, -0.25) is 4.79 Å². The summed E-state index contributed by atoms with van der Waals surface area (Å²) in [7, 11) is 0. The summed E-state index contributed by atoms with van der Waals surface area (Å²) < 4.78 is 7.66. The van der Waals surface area contributed by atoms with Gasteiger partial charge in [-0.15, -0.1) is 0 Å². The van der Waals surface area contributed by atoms with Crippen molar-refractivity contribution in [3.8, 4) is 11.5 Å². The van der Waals surface area contributed by atoms with Gasteiger partial charge in [0.05, 0.1) is 5.56 Å². The van der Waals surface area contributed by atoms with Crippen LogP contribution in [0.5, 0.6) is 11.5 Å². The third-order valence-electron chi connectivity index (χ3n) is 2.46. The lowest BCUT2D eigenvalue weighted by Crippen LogP contribution is -1.92. The van der Waals surface area contributed by atoms with Crippen LogP contribution in [0.2, 0.25) is 0 Å². The largest absolute Gasteiger partial charge is 0.456 e. The number of ether oxygens (including phenoxy) is 1. The van der Waals surface area contributed by atoms with Crippen LogP contribution in [-0.4, -0.2) is 6.29 Å². The van der Waals surface area contributed by atoms with Gasteiger partial charge in [0, 0.05) is 8.95 Å². The molecule has 18 heavy (non-hydrogen) atoms. The minimum Gasteiger partial charge on any atom is -0.456 e. The second-order valence-electron chi connectivity index (χ2n) is 3.81. The standard InChI is InChI=1S/C14H10Br2O2/c1-9-6-11(15)4-5-13(9)18-14-7-12(16)3-2-10(14)8-17/h2-8H,1H3. The van der Waals surface area contributed by atoms with Gasteiger partial charge in [0.1, 0.15) is 11.5 Å². The van der Waals surface area contributed by atoms with Crippen molar-refractivity contribution in [3.63, 3.8) is 0 Å². The SMILES string of the molecule is Cc1cc(Br)ccc1Oc1cc(Br)ccc1C=O. The molecule has 92 valence electrons. The molecular formula is C14H10Br2O2. The minimum atomic E-state index is 0.528. The Morgan fingerprint density at radius 1 is 1.00 bits per heavy atom. The molecule has 0 aliphatic rings. The molecule has 0 aromatic heterocycles. The molecule has 4 heteroatoms. The Bertz CT molecular complexity index is 594. The molecule has 2 rings (SSSR count). The van der Waals surface area contributed by atoms with E-state index in [0.29, 0.717) is 11.3 Å². The van der Waals surface area contributed by atoms with E-state index >= 15 is 0 Å². The van der Waals surface area contributed by atoms with E-state index in [9.17, 15) is 4.79 Å². The van der Waals surface area contributed by atoms with E-state index in [4.69, 9.17) is 4.74 Å². The molecule has 0 radical (unpaired) electrons. The molecule has 0 saturated carbocycles. The van der Waals surface area contributed by atoms with Crippen molar-refractivity contribution in [1.82, 2.24) is 0 Å². The van der Waals surface area contributed by atoms with Crippen LogP contribution in [-0.2, 0) is 0 Å². The lowest BCUT2D eigenvalue weighted by Gasteiger charge is -2.11. The number of carbonyl (C=O) groups excluding carboxylic acids is 1. The van der Waals surface area contributed by atoms with E-state index in [0.717, 1.165) is 26.5 Å². The van der Waals surface area contributed by atoms with Crippen LogP contribution >= 0.6 is 31.9 Å². The quantitative estimate of drug-likeness (QED) is 0.701. The summed E-state index contributed by atoms with van der Waals surface area (Å²) in [6.07, 6.45) is 0.788. The Kier molecular flexibility index (Phi) is 4.19. The van der Waals surface area contributed by atoms with Crippen molar-refractivity contribution in [2.24, 2.45) is 0 Å². The Morgan fingerprint density at radius 3 is 2.33 bits per heavy atom. The lowest BCUT2D eigenvalue weighted by molar-refractivity contribution is 0.112. The van der Waals surface area contributed by atoms with E-state index in [2.05, 4.69) is 31.9 Å². The number of benzene rings is 2. The number of carbonyl (C=O) groups is 1. The maximum Gasteiger partial charge on any atom is 0.153 e. The highest BCUT2D eigenvalue weighted by molar-refractivity contribution is 9.10. The second kappa shape index (κ2) is 5.67. The molecule has 0 spiro atoms. The van der Waals surface area contributed by atoms with E-state index in [1.807, 2.05) is 31.2 Å². The van der Waals surface area contributed by atoms with Gasteiger partial charge in [0.2, 0.25) is 0 Å². The molecule has 0 aliphatic carbocycles. The van der Waals surface area contributed by atoms with E-state index in [1.54, 1.807) is 12.1 Å². The maximum atomic E-state index is 11.0. The lowest BCUT2D eigenvalue weighted by atomic mass is 10.2. The van der Waals surface area contributed by atoms with E-state index < -0.39 is 0 Å². The van der Waals surface area contributed by atoms with Gasteiger partial charge in [-0.2, -0.15) is 0 Å². The third kappa shape index (κ3) is 3.00. The molecule has 0 bridgehead atoms. The van der Waals surface area contributed by atoms with Crippen LogP contribution in [0, 0.1) is 6.92 Å². The zero-order chi connectivity index (χ0) is 13.1. The molecule has 2 aromatic carbocycles. The van der Waals surface area contributed by atoms with E-state index in [1.165, 1.54) is 0 Å². The fraction of sp³-hybridized carbons (Fsp3) is 0.0714. The predicted molar refractivity (Wildman–Crippen MR) is 78.5 cm³/mol. The first kappa shape index (κ1) is 13.3. The number of rotatable bonds is 3. The monoisotopic (exact) mass is 368 g/mol. The van der Waals surface area contributed by atoms with Gasteiger partial charge >= 0.3 is 0 Å². The molecule has 0 N–H and O–H groups in total. The summed E-state index contributed by atoms with van der Waals surface area (Å²) in [5.41, 5.74) is 1.53. The Morgan fingerprint density at radius 2 is 1.67 bits per heavy atom. The van der Waals surface area contributed by atoms with Crippen molar-refractivity contribution in [2.75, 3.05) is 0 Å². The number of aryl methyl sites for hydroxylation is 1. The fourth-order valence-electron chi connectivity index (χ4n) is 1.54. The molecule has 2 aromatic rings. The molecule has 0 heterocycles. The molecule has 0 aliphatic heterocycles. The molecule has 0 saturated heterocycles. The molecule has 0 amide bonds. The number of aldehydes is 1. The van der Waals surface area contributed by atoms with Gasteiger partial charge < -0.3 is 4.74 Å². The number of hydrogen-bond acceptors (Lipinski definition) is 2. The third-order valence-corrected chi connectivity index (χ3v) is 3.45. The van der Waals surface area contributed by atoms with Crippen molar-refractivity contribution < 1.29 is 9.53 Å². The van der Waals surface area contributed by atoms with Gasteiger partial charge in [-0.1, -0.05) is 31.9 Å². The van der Waals surface area contributed by atoms with Gasteiger partial charge in [-0.05, 0) is 48.9 Å². The van der Waals surface area contributed by atoms with Gasteiger partial charge in [0.25, 0.3) is 0 Å². The molecule has 2 nitrogen and oxygen atoms in total. The molecule has 0 atom stereocenters. The molecular weight excluding hydrogens is 360 g/mol. The van der Waals surface area contributed by atoms with Crippen LogP contribution in [0.25, 0.3) is 0 Å². The molecule has 0 unspecified atom stereocenters. The van der Waals surface area contributed by atoms with Gasteiger partial charge in [0.15, 0.2) is 6.29 Å². The first-order chi connectivity index (χ1) is 8.60.